The molecular formula is C11H22N2O. The van der Waals surface area contributed by atoms with E-state index < -0.39 is 0 Å². The second-order valence-electron chi connectivity index (χ2n) is 4.65. The molecule has 1 unspecified atom stereocenters. The molecule has 82 valence electrons. The summed E-state index contributed by atoms with van der Waals surface area (Å²) in [6.07, 6.45) is 5.69. The van der Waals surface area contributed by atoms with Gasteiger partial charge in [-0.3, -0.25) is 0 Å². The van der Waals surface area contributed by atoms with Crippen LogP contribution < -0.4 is 5.32 Å². The fourth-order valence-electron chi connectivity index (χ4n) is 2.50. The van der Waals surface area contributed by atoms with Gasteiger partial charge in [0.25, 0.3) is 0 Å². The van der Waals surface area contributed by atoms with Crippen molar-refractivity contribution in [3.63, 3.8) is 0 Å². The fraction of sp³-hybridized carbons (Fsp3) is 1.00. The molecule has 14 heavy (non-hydrogen) atoms. The van der Waals surface area contributed by atoms with Crippen molar-refractivity contribution in [3.05, 3.63) is 0 Å². The number of ether oxygens (including phenoxy) is 1. The van der Waals surface area contributed by atoms with E-state index in [-0.39, 0.29) is 0 Å². The summed E-state index contributed by atoms with van der Waals surface area (Å²) >= 11 is 0. The maximum Gasteiger partial charge on any atom is 0.0702 e. The molecule has 2 heterocycles. The summed E-state index contributed by atoms with van der Waals surface area (Å²) in [6, 6.07) is 0.724. The summed E-state index contributed by atoms with van der Waals surface area (Å²) in [4.78, 5) is 2.42. The first-order valence-corrected chi connectivity index (χ1v) is 5.88. The van der Waals surface area contributed by atoms with Crippen LogP contribution in [-0.2, 0) is 4.74 Å². The molecule has 2 aliphatic rings. The predicted molar refractivity (Wildman–Crippen MR) is 57.5 cm³/mol. The molecule has 0 radical (unpaired) electrons. The molecule has 0 aromatic carbocycles. The van der Waals surface area contributed by atoms with Crippen molar-refractivity contribution in [3.8, 4) is 0 Å². The van der Waals surface area contributed by atoms with E-state index in [4.69, 9.17) is 4.74 Å². The number of hydrogen-bond donors (Lipinski definition) is 1. The third-order valence-corrected chi connectivity index (χ3v) is 3.23. The van der Waals surface area contributed by atoms with Gasteiger partial charge in [-0.1, -0.05) is 0 Å². The van der Waals surface area contributed by atoms with E-state index in [1.165, 1.54) is 38.8 Å². The average molecular weight is 198 g/mol. The Labute approximate surface area is 86.8 Å². The van der Waals surface area contributed by atoms with Crippen molar-refractivity contribution in [1.29, 1.82) is 0 Å². The lowest BCUT2D eigenvalue weighted by molar-refractivity contribution is 0.0791. The van der Waals surface area contributed by atoms with E-state index in [0.717, 1.165) is 19.2 Å². The number of rotatable bonds is 4. The predicted octanol–water partition coefficient (Wildman–Crippen LogP) is 0.849. The van der Waals surface area contributed by atoms with Gasteiger partial charge in [0.15, 0.2) is 0 Å². The Balaban J connectivity index is 1.64. The van der Waals surface area contributed by atoms with Gasteiger partial charge >= 0.3 is 0 Å². The third-order valence-electron chi connectivity index (χ3n) is 3.23. The molecule has 2 rings (SSSR count). The van der Waals surface area contributed by atoms with E-state index in [2.05, 4.69) is 17.3 Å². The van der Waals surface area contributed by atoms with Gasteiger partial charge in [0, 0.05) is 25.7 Å². The van der Waals surface area contributed by atoms with Crippen LogP contribution in [0.5, 0.6) is 0 Å². The smallest absolute Gasteiger partial charge is 0.0702 e. The topological polar surface area (TPSA) is 24.5 Å². The minimum atomic E-state index is 0.501. The normalized spacial score (nSPS) is 33.0. The van der Waals surface area contributed by atoms with E-state index in [1.807, 2.05) is 0 Å². The van der Waals surface area contributed by atoms with Crippen LogP contribution in [0.15, 0.2) is 0 Å². The molecule has 1 N–H and O–H groups in total. The first-order valence-electron chi connectivity index (χ1n) is 5.88. The number of hydrogen-bond acceptors (Lipinski definition) is 3. The Bertz CT molecular complexity index is 145. The summed E-state index contributed by atoms with van der Waals surface area (Å²) < 4.78 is 5.63. The fourth-order valence-corrected chi connectivity index (χ4v) is 2.50. The quantitative estimate of drug-likeness (QED) is 0.725. The average Bonchev–Trinajstić information content (AvgIpc) is 2.76. The van der Waals surface area contributed by atoms with Crippen LogP contribution in [0.4, 0.5) is 0 Å². The Morgan fingerprint density at radius 3 is 2.86 bits per heavy atom. The molecule has 0 aromatic rings. The lowest BCUT2D eigenvalue weighted by Gasteiger charge is -2.23. The standard InChI is InChI=1S/C11H22N2O/c1-13(8-10-4-2-6-12-10)9-11-5-3-7-14-11/h10-12H,2-9H2,1H3/t10-,11?/m0/s1. The monoisotopic (exact) mass is 198 g/mol. The summed E-state index contributed by atoms with van der Waals surface area (Å²) in [5.41, 5.74) is 0. The molecule has 0 aliphatic carbocycles. The van der Waals surface area contributed by atoms with Crippen molar-refractivity contribution < 1.29 is 4.74 Å². The largest absolute Gasteiger partial charge is 0.377 e. The molecular weight excluding hydrogens is 176 g/mol. The zero-order chi connectivity index (χ0) is 9.80. The van der Waals surface area contributed by atoms with Crippen molar-refractivity contribution in [2.75, 3.05) is 33.3 Å². The van der Waals surface area contributed by atoms with Crippen molar-refractivity contribution in [1.82, 2.24) is 10.2 Å². The van der Waals surface area contributed by atoms with Crippen molar-refractivity contribution in [2.24, 2.45) is 0 Å². The van der Waals surface area contributed by atoms with Gasteiger partial charge in [0.1, 0.15) is 0 Å². The van der Waals surface area contributed by atoms with E-state index >= 15 is 0 Å². The Morgan fingerprint density at radius 1 is 1.29 bits per heavy atom. The van der Waals surface area contributed by atoms with Crippen LogP contribution in [-0.4, -0.2) is 50.3 Å². The van der Waals surface area contributed by atoms with E-state index in [0.29, 0.717) is 6.10 Å². The van der Waals surface area contributed by atoms with Gasteiger partial charge in [-0.15, -0.1) is 0 Å². The van der Waals surface area contributed by atoms with Gasteiger partial charge in [0.2, 0.25) is 0 Å². The minimum Gasteiger partial charge on any atom is -0.377 e. The lowest BCUT2D eigenvalue weighted by atomic mass is 10.2. The minimum absolute atomic E-state index is 0.501. The Morgan fingerprint density at radius 2 is 2.21 bits per heavy atom. The number of likely N-dealkylation sites (N-methyl/N-ethyl adjacent to an activating group) is 1. The maximum absolute atomic E-state index is 5.63. The van der Waals surface area contributed by atoms with Crippen LogP contribution in [0.25, 0.3) is 0 Å². The van der Waals surface area contributed by atoms with Crippen LogP contribution in [0.1, 0.15) is 25.7 Å². The zero-order valence-corrected chi connectivity index (χ0v) is 9.17. The van der Waals surface area contributed by atoms with Crippen LogP contribution >= 0.6 is 0 Å². The summed E-state index contributed by atoms with van der Waals surface area (Å²) in [6.45, 7) is 4.47. The second kappa shape index (κ2) is 5.10. The molecule has 2 saturated heterocycles. The zero-order valence-electron chi connectivity index (χ0n) is 9.17. The first-order chi connectivity index (χ1) is 6.84. The lowest BCUT2D eigenvalue weighted by Crippen LogP contribution is -2.38. The highest BCUT2D eigenvalue weighted by molar-refractivity contribution is 4.78. The molecule has 2 aliphatic heterocycles. The molecule has 2 atom stereocenters. The molecule has 2 fully saturated rings. The molecule has 0 aromatic heterocycles. The molecule has 0 spiro atoms. The van der Waals surface area contributed by atoms with Gasteiger partial charge in [-0.25, -0.2) is 0 Å². The second-order valence-corrected chi connectivity index (χ2v) is 4.65. The van der Waals surface area contributed by atoms with Crippen LogP contribution in [0.2, 0.25) is 0 Å². The van der Waals surface area contributed by atoms with Gasteiger partial charge < -0.3 is 15.0 Å². The Hall–Kier alpha value is -0.120. The maximum atomic E-state index is 5.63. The Kier molecular flexibility index (Phi) is 3.79. The van der Waals surface area contributed by atoms with Crippen molar-refractivity contribution >= 4 is 0 Å². The summed E-state index contributed by atoms with van der Waals surface area (Å²) in [7, 11) is 2.21. The highest BCUT2D eigenvalue weighted by Gasteiger charge is 2.20. The number of nitrogens with one attached hydrogen (secondary N) is 1. The third kappa shape index (κ3) is 2.94. The molecule has 0 amide bonds. The van der Waals surface area contributed by atoms with Crippen LogP contribution in [0.3, 0.4) is 0 Å². The molecule has 0 bridgehead atoms. The summed E-state index contributed by atoms with van der Waals surface area (Å²) in [5, 5.41) is 3.53. The van der Waals surface area contributed by atoms with Gasteiger partial charge in [0.05, 0.1) is 6.10 Å². The number of nitrogens with zero attached hydrogens (tertiary/aromatic N) is 1. The highest BCUT2D eigenvalue weighted by atomic mass is 16.5. The SMILES string of the molecule is CN(CC1CCCO1)C[C@@H]1CCCN1. The summed E-state index contributed by atoms with van der Waals surface area (Å²) in [5.74, 6) is 0. The van der Waals surface area contributed by atoms with E-state index in [1.54, 1.807) is 0 Å². The molecule has 3 nitrogen and oxygen atoms in total. The highest BCUT2D eigenvalue weighted by Crippen LogP contribution is 2.13. The van der Waals surface area contributed by atoms with Gasteiger partial charge in [-0.05, 0) is 39.3 Å². The first kappa shape index (κ1) is 10.4. The van der Waals surface area contributed by atoms with E-state index in [9.17, 15) is 0 Å². The van der Waals surface area contributed by atoms with Gasteiger partial charge in [-0.2, -0.15) is 0 Å². The molecule has 3 heteroatoms. The van der Waals surface area contributed by atoms with Crippen molar-refractivity contribution in [2.45, 2.75) is 37.8 Å². The molecule has 0 saturated carbocycles. The van der Waals surface area contributed by atoms with Crippen LogP contribution in [0, 0.1) is 0 Å².